The second kappa shape index (κ2) is 20.2. The SMILES string of the molecule is CCCC(OC(C(C)CC(C)C[C@@H](C)CN[C@H](C)CCC)C(C)C(=O)OC(O)CC)O[C@@H](C)C(O)OC. The summed E-state index contributed by atoms with van der Waals surface area (Å²) in [4.78, 5) is 12.9. The number of methoxy groups -OCH3 is 1. The van der Waals surface area contributed by atoms with Gasteiger partial charge in [0.15, 0.2) is 18.9 Å². The van der Waals surface area contributed by atoms with Crippen molar-refractivity contribution >= 4 is 5.97 Å². The molecule has 222 valence electrons. The highest BCUT2D eigenvalue weighted by Gasteiger charge is 2.35. The van der Waals surface area contributed by atoms with Crippen molar-refractivity contribution in [3.63, 3.8) is 0 Å². The third-order valence-corrected chi connectivity index (χ3v) is 6.98. The van der Waals surface area contributed by atoms with Crippen molar-refractivity contribution in [1.82, 2.24) is 5.32 Å². The quantitative estimate of drug-likeness (QED) is 0.128. The second-order valence-electron chi connectivity index (χ2n) is 11.1. The maximum absolute atomic E-state index is 12.9. The predicted octanol–water partition coefficient (Wildman–Crippen LogP) is 5.24. The van der Waals surface area contributed by atoms with Crippen molar-refractivity contribution in [1.29, 1.82) is 0 Å². The molecular formula is C29H59NO7. The molecule has 0 spiro atoms. The van der Waals surface area contributed by atoms with Gasteiger partial charge in [-0.1, -0.05) is 54.4 Å². The normalized spacial score (nSPS) is 20.2. The number of hydrogen-bond donors (Lipinski definition) is 3. The van der Waals surface area contributed by atoms with Crippen LogP contribution >= 0.6 is 0 Å². The van der Waals surface area contributed by atoms with Gasteiger partial charge in [-0.25, -0.2) is 0 Å². The number of ether oxygens (including phenoxy) is 4. The number of aliphatic hydroxyl groups excluding tert-OH is 2. The Balaban J connectivity index is 5.44. The lowest BCUT2D eigenvalue weighted by atomic mass is 9.83. The smallest absolute Gasteiger partial charge is 0.313 e. The lowest BCUT2D eigenvalue weighted by Crippen LogP contribution is -2.42. The fourth-order valence-electron chi connectivity index (χ4n) is 4.85. The van der Waals surface area contributed by atoms with E-state index < -0.39 is 43.0 Å². The van der Waals surface area contributed by atoms with E-state index in [1.165, 1.54) is 20.0 Å². The first-order chi connectivity index (χ1) is 17.4. The largest absolute Gasteiger partial charge is 0.436 e. The molecule has 0 aliphatic heterocycles. The average molecular weight is 534 g/mol. The summed E-state index contributed by atoms with van der Waals surface area (Å²) >= 11 is 0. The molecule has 10 atom stereocenters. The molecule has 0 rings (SSSR count). The van der Waals surface area contributed by atoms with E-state index in [9.17, 15) is 15.0 Å². The van der Waals surface area contributed by atoms with Gasteiger partial charge in [-0.2, -0.15) is 0 Å². The molecule has 0 fully saturated rings. The van der Waals surface area contributed by atoms with Crippen LogP contribution in [0.1, 0.15) is 107 Å². The Hall–Kier alpha value is -0.770. The molecule has 0 aromatic heterocycles. The third kappa shape index (κ3) is 15.4. The van der Waals surface area contributed by atoms with Crippen LogP contribution < -0.4 is 5.32 Å². The van der Waals surface area contributed by atoms with Gasteiger partial charge in [0.25, 0.3) is 0 Å². The lowest BCUT2D eigenvalue weighted by molar-refractivity contribution is -0.255. The van der Waals surface area contributed by atoms with E-state index in [-0.39, 0.29) is 5.92 Å². The van der Waals surface area contributed by atoms with Gasteiger partial charge >= 0.3 is 5.97 Å². The van der Waals surface area contributed by atoms with Crippen LogP contribution in [0.2, 0.25) is 0 Å². The van der Waals surface area contributed by atoms with Gasteiger partial charge < -0.3 is 34.5 Å². The minimum absolute atomic E-state index is 0.0427. The summed E-state index contributed by atoms with van der Waals surface area (Å²) < 4.78 is 22.7. The third-order valence-electron chi connectivity index (χ3n) is 6.98. The lowest BCUT2D eigenvalue weighted by Gasteiger charge is -2.35. The minimum atomic E-state index is -1.13. The summed E-state index contributed by atoms with van der Waals surface area (Å²) in [7, 11) is 1.42. The number of nitrogens with one attached hydrogen (secondary N) is 1. The maximum atomic E-state index is 12.9. The Morgan fingerprint density at radius 1 is 0.865 bits per heavy atom. The van der Waals surface area contributed by atoms with Crippen LogP contribution in [0.5, 0.6) is 0 Å². The number of rotatable bonds is 22. The molecule has 3 N–H and O–H groups in total. The monoisotopic (exact) mass is 533 g/mol. The van der Waals surface area contributed by atoms with Gasteiger partial charge in [0.05, 0.1) is 12.0 Å². The molecular weight excluding hydrogens is 474 g/mol. The zero-order chi connectivity index (χ0) is 28.5. The Morgan fingerprint density at radius 3 is 2.03 bits per heavy atom. The van der Waals surface area contributed by atoms with Crippen molar-refractivity contribution in [2.45, 2.75) is 144 Å². The summed E-state index contributed by atoms with van der Waals surface area (Å²) in [5.41, 5.74) is 0. The van der Waals surface area contributed by atoms with E-state index >= 15 is 0 Å². The molecule has 0 aliphatic carbocycles. The van der Waals surface area contributed by atoms with Crippen LogP contribution in [-0.4, -0.2) is 67.0 Å². The van der Waals surface area contributed by atoms with E-state index in [4.69, 9.17) is 18.9 Å². The van der Waals surface area contributed by atoms with Gasteiger partial charge in [0, 0.05) is 19.6 Å². The first-order valence-corrected chi connectivity index (χ1v) is 14.5. The highest BCUT2D eigenvalue weighted by molar-refractivity contribution is 5.72. The fraction of sp³-hybridized carbons (Fsp3) is 0.966. The first kappa shape index (κ1) is 36.2. The van der Waals surface area contributed by atoms with Gasteiger partial charge in [-0.05, 0) is 70.8 Å². The molecule has 0 saturated carbocycles. The Bertz CT molecular complexity index is 578. The van der Waals surface area contributed by atoms with Crippen molar-refractivity contribution in [3.05, 3.63) is 0 Å². The summed E-state index contributed by atoms with van der Waals surface area (Å²) in [6, 6.07) is 0.527. The molecule has 0 amide bonds. The average Bonchev–Trinajstić information content (AvgIpc) is 2.84. The molecule has 0 aromatic carbocycles. The van der Waals surface area contributed by atoms with Crippen molar-refractivity contribution in [2.75, 3.05) is 13.7 Å². The molecule has 0 heterocycles. The summed E-state index contributed by atoms with van der Waals surface area (Å²) in [6.07, 6.45) is 2.18. The molecule has 0 saturated heterocycles. The van der Waals surface area contributed by atoms with Gasteiger partial charge in [-0.15, -0.1) is 0 Å². The fourth-order valence-corrected chi connectivity index (χ4v) is 4.85. The number of esters is 1. The van der Waals surface area contributed by atoms with Gasteiger partial charge in [0.1, 0.15) is 6.10 Å². The molecule has 0 bridgehead atoms. The van der Waals surface area contributed by atoms with Crippen LogP contribution in [0.3, 0.4) is 0 Å². The highest BCUT2D eigenvalue weighted by Crippen LogP contribution is 2.30. The minimum Gasteiger partial charge on any atom is -0.436 e. The maximum Gasteiger partial charge on any atom is 0.313 e. The molecule has 37 heavy (non-hydrogen) atoms. The van der Waals surface area contributed by atoms with Crippen LogP contribution in [0.25, 0.3) is 0 Å². The number of carbonyl (C=O) groups is 1. The summed E-state index contributed by atoms with van der Waals surface area (Å²) in [6.45, 7) is 19.4. The summed E-state index contributed by atoms with van der Waals surface area (Å²) in [5, 5.41) is 23.5. The molecule has 0 aromatic rings. The standard InChI is InChI=1S/C29H59NO7/c1-11-14-22(7)30-18-20(5)16-19(4)17-21(6)27(23(8)28(32)36-25(31)13-3)37-26(15-12-2)35-24(9)29(33)34-10/h19-27,29-31,33H,11-18H2,1-10H3/t19?,20-,21?,22-,23?,24+,25?,26?,27?,29?/m1/s1. The van der Waals surface area contributed by atoms with Crippen LogP contribution in [0.15, 0.2) is 0 Å². The Kier molecular flexibility index (Phi) is 19.8. The number of hydrogen-bond acceptors (Lipinski definition) is 8. The van der Waals surface area contributed by atoms with E-state index in [1.807, 2.05) is 6.92 Å². The Morgan fingerprint density at radius 2 is 1.49 bits per heavy atom. The predicted molar refractivity (Wildman–Crippen MR) is 148 cm³/mol. The zero-order valence-electron chi connectivity index (χ0n) is 25.4. The zero-order valence-corrected chi connectivity index (χ0v) is 25.4. The first-order valence-electron chi connectivity index (χ1n) is 14.5. The molecule has 0 radical (unpaired) electrons. The van der Waals surface area contributed by atoms with E-state index in [0.717, 1.165) is 25.8 Å². The van der Waals surface area contributed by atoms with Gasteiger partial charge in [0.2, 0.25) is 0 Å². The van der Waals surface area contributed by atoms with Crippen LogP contribution in [0.4, 0.5) is 0 Å². The highest BCUT2D eigenvalue weighted by atomic mass is 16.7. The molecule has 8 heteroatoms. The van der Waals surface area contributed by atoms with Crippen molar-refractivity contribution < 1.29 is 34.0 Å². The van der Waals surface area contributed by atoms with E-state index in [1.54, 1.807) is 20.8 Å². The van der Waals surface area contributed by atoms with E-state index in [0.29, 0.717) is 30.7 Å². The second-order valence-corrected chi connectivity index (χ2v) is 11.1. The van der Waals surface area contributed by atoms with Crippen molar-refractivity contribution in [3.8, 4) is 0 Å². The number of carbonyl (C=O) groups excluding carboxylic acids is 1. The molecule has 8 nitrogen and oxygen atoms in total. The topological polar surface area (TPSA) is 106 Å². The van der Waals surface area contributed by atoms with Crippen molar-refractivity contribution in [2.24, 2.45) is 23.7 Å². The molecule has 0 aliphatic rings. The molecule has 7 unspecified atom stereocenters. The van der Waals surface area contributed by atoms with E-state index in [2.05, 4.69) is 39.9 Å². The summed E-state index contributed by atoms with van der Waals surface area (Å²) in [5.74, 6) is -0.0650. The number of aliphatic hydroxyl groups is 2. The van der Waals surface area contributed by atoms with Gasteiger partial charge in [-0.3, -0.25) is 4.79 Å². The van der Waals surface area contributed by atoms with Crippen LogP contribution in [0, 0.1) is 23.7 Å². The Labute approximate surface area is 227 Å². The van der Waals surface area contributed by atoms with Crippen LogP contribution in [-0.2, 0) is 23.7 Å².